The third-order valence-electron chi connectivity index (χ3n) is 2.46. The minimum atomic E-state index is -0.672. The standard InChI is InChI=1S/C12H3Cl5FNO/c13-7-6(8(14)10(16)11(17)9(7)15)12-4(3-20)1-5(18)2-19-12/h1-3H. The molecule has 0 spiro atoms. The molecule has 0 amide bonds. The van der Waals surface area contributed by atoms with Gasteiger partial charge in [0.2, 0.25) is 0 Å². The first-order valence-electron chi connectivity index (χ1n) is 5.01. The van der Waals surface area contributed by atoms with Crippen LogP contribution in [-0.2, 0) is 0 Å². The zero-order chi connectivity index (χ0) is 15.0. The van der Waals surface area contributed by atoms with E-state index in [2.05, 4.69) is 4.98 Å². The van der Waals surface area contributed by atoms with E-state index in [0.29, 0.717) is 6.29 Å². The number of halogens is 6. The van der Waals surface area contributed by atoms with Crippen molar-refractivity contribution in [1.82, 2.24) is 4.98 Å². The van der Waals surface area contributed by atoms with E-state index >= 15 is 0 Å². The minimum Gasteiger partial charge on any atom is -0.298 e. The van der Waals surface area contributed by atoms with E-state index in [1.165, 1.54) is 0 Å². The number of rotatable bonds is 2. The molecule has 0 fully saturated rings. The summed E-state index contributed by atoms with van der Waals surface area (Å²) in [7, 11) is 0. The molecule has 20 heavy (non-hydrogen) atoms. The lowest BCUT2D eigenvalue weighted by molar-refractivity contribution is 0.112. The van der Waals surface area contributed by atoms with Crippen LogP contribution in [0.3, 0.4) is 0 Å². The average molecular weight is 373 g/mol. The Bertz CT molecular complexity index is 690. The van der Waals surface area contributed by atoms with Gasteiger partial charge in [-0.05, 0) is 6.07 Å². The number of aromatic nitrogens is 1. The summed E-state index contributed by atoms with van der Waals surface area (Å²) in [5.74, 6) is -0.672. The third-order valence-corrected chi connectivity index (χ3v) is 4.73. The van der Waals surface area contributed by atoms with Gasteiger partial charge >= 0.3 is 0 Å². The van der Waals surface area contributed by atoms with Crippen LogP contribution in [0, 0.1) is 5.82 Å². The molecule has 104 valence electrons. The molecule has 0 unspecified atom stereocenters. The molecule has 0 atom stereocenters. The monoisotopic (exact) mass is 371 g/mol. The van der Waals surface area contributed by atoms with Gasteiger partial charge in [-0.25, -0.2) is 4.39 Å². The predicted molar refractivity (Wildman–Crippen MR) is 80.1 cm³/mol. The maximum atomic E-state index is 13.1. The lowest BCUT2D eigenvalue weighted by Crippen LogP contribution is -1.96. The molecule has 0 aliphatic rings. The van der Waals surface area contributed by atoms with Gasteiger partial charge < -0.3 is 0 Å². The van der Waals surface area contributed by atoms with Gasteiger partial charge in [0.25, 0.3) is 0 Å². The van der Waals surface area contributed by atoms with E-state index in [9.17, 15) is 9.18 Å². The first kappa shape index (κ1) is 15.8. The lowest BCUT2D eigenvalue weighted by Gasteiger charge is -2.13. The summed E-state index contributed by atoms with van der Waals surface area (Å²) in [4.78, 5) is 14.8. The first-order chi connectivity index (χ1) is 9.38. The van der Waals surface area contributed by atoms with Gasteiger partial charge in [0.05, 0.1) is 37.0 Å². The van der Waals surface area contributed by atoms with Crippen LogP contribution in [0.4, 0.5) is 4.39 Å². The topological polar surface area (TPSA) is 30.0 Å². The molecular formula is C12H3Cl5FNO. The number of pyridine rings is 1. The second-order valence-corrected chi connectivity index (χ2v) is 5.54. The highest BCUT2D eigenvalue weighted by Gasteiger charge is 2.23. The van der Waals surface area contributed by atoms with Gasteiger partial charge in [0.1, 0.15) is 5.82 Å². The number of carbonyl (C=O) groups is 1. The Morgan fingerprint density at radius 1 is 0.950 bits per heavy atom. The lowest BCUT2D eigenvalue weighted by atomic mass is 10.1. The molecule has 0 saturated heterocycles. The zero-order valence-electron chi connectivity index (χ0n) is 9.36. The summed E-state index contributed by atoms with van der Waals surface area (Å²) in [5.41, 5.74) is 0.148. The van der Waals surface area contributed by atoms with Crippen molar-refractivity contribution in [2.75, 3.05) is 0 Å². The minimum absolute atomic E-state index is 0.0122. The fraction of sp³-hybridized carbons (Fsp3) is 0. The van der Waals surface area contributed by atoms with Gasteiger partial charge in [-0.3, -0.25) is 9.78 Å². The van der Waals surface area contributed by atoms with Gasteiger partial charge in [-0.1, -0.05) is 58.0 Å². The van der Waals surface area contributed by atoms with Crippen molar-refractivity contribution in [3.05, 3.63) is 48.8 Å². The molecule has 0 bridgehead atoms. The van der Waals surface area contributed by atoms with Crippen molar-refractivity contribution in [3.63, 3.8) is 0 Å². The third kappa shape index (κ3) is 2.61. The molecule has 0 radical (unpaired) electrons. The zero-order valence-corrected chi connectivity index (χ0v) is 13.1. The van der Waals surface area contributed by atoms with Crippen LogP contribution in [0.1, 0.15) is 10.4 Å². The summed E-state index contributed by atoms with van der Waals surface area (Å²) >= 11 is 29.9. The van der Waals surface area contributed by atoms with Crippen molar-refractivity contribution >= 4 is 64.3 Å². The Morgan fingerprint density at radius 3 is 1.95 bits per heavy atom. The number of nitrogens with zero attached hydrogens (tertiary/aromatic N) is 1. The highest BCUT2D eigenvalue weighted by Crippen LogP contribution is 2.48. The molecule has 0 aliphatic carbocycles. The van der Waals surface area contributed by atoms with E-state index in [1.54, 1.807) is 0 Å². The van der Waals surface area contributed by atoms with Crippen LogP contribution in [0.15, 0.2) is 12.3 Å². The second kappa shape index (κ2) is 6.04. The van der Waals surface area contributed by atoms with Crippen LogP contribution in [0.25, 0.3) is 11.3 Å². The van der Waals surface area contributed by atoms with Crippen molar-refractivity contribution in [2.45, 2.75) is 0 Å². The Hall–Kier alpha value is -0.580. The SMILES string of the molecule is O=Cc1cc(F)cnc1-c1c(Cl)c(Cl)c(Cl)c(Cl)c1Cl. The van der Waals surface area contributed by atoms with Gasteiger partial charge in [-0.15, -0.1) is 0 Å². The molecule has 0 N–H and O–H groups in total. The molecule has 2 rings (SSSR count). The Labute approximate surface area is 138 Å². The second-order valence-electron chi connectivity index (χ2n) is 3.65. The smallest absolute Gasteiger partial charge is 0.152 e. The molecule has 0 saturated carbocycles. The average Bonchev–Trinajstić information content (AvgIpc) is 2.44. The van der Waals surface area contributed by atoms with E-state index in [0.717, 1.165) is 12.3 Å². The summed E-state index contributed by atoms with van der Waals surface area (Å²) in [6, 6.07) is 0.998. The molecule has 0 aliphatic heterocycles. The summed E-state index contributed by atoms with van der Waals surface area (Å²) in [6.07, 6.45) is 1.35. The number of carbonyl (C=O) groups excluding carboxylic acids is 1. The van der Waals surface area contributed by atoms with Crippen molar-refractivity contribution in [1.29, 1.82) is 0 Å². The maximum Gasteiger partial charge on any atom is 0.152 e. The predicted octanol–water partition coefficient (Wildman–Crippen LogP) is 5.97. The summed E-state index contributed by atoms with van der Waals surface area (Å²) in [6.45, 7) is 0. The van der Waals surface area contributed by atoms with E-state index in [1.807, 2.05) is 0 Å². The van der Waals surface area contributed by atoms with Crippen LogP contribution in [0.2, 0.25) is 25.1 Å². The number of benzene rings is 1. The van der Waals surface area contributed by atoms with E-state index in [4.69, 9.17) is 58.0 Å². The fourth-order valence-electron chi connectivity index (χ4n) is 1.57. The Kier molecular flexibility index (Phi) is 4.77. The van der Waals surface area contributed by atoms with Crippen LogP contribution < -0.4 is 0 Å². The maximum absolute atomic E-state index is 13.1. The molecule has 1 aromatic carbocycles. The summed E-state index contributed by atoms with van der Waals surface area (Å²) in [5, 5.41) is -0.107. The fourth-order valence-corrected chi connectivity index (χ4v) is 2.88. The quantitative estimate of drug-likeness (QED) is 0.369. The normalized spacial score (nSPS) is 10.7. The highest BCUT2D eigenvalue weighted by molar-refractivity contribution is 6.56. The van der Waals surface area contributed by atoms with Gasteiger partial charge in [0, 0.05) is 11.1 Å². The highest BCUT2D eigenvalue weighted by atomic mass is 35.5. The van der Waals surface area contributed by atoms with E-state index in [-0.39, 0.29) is 41.9 Å². The number of aldehydes is 1. The van der Waals surface area contributed by atoms with Crippen LogP contribution >= 0.6 is 58.0 Å². The molecule has 2 nitrogen and oxygen atoms in total. The molecular weight excluding hydrogens is 370 g/mol. The first-order valence-corrected chi connectivity index (χ1v) is 6.90. The van der Waals surface area contributed by atoms with Crippen LogP contribution in [0.5, 0.6) is 0 Å². The van der Waals surface area contributed by atoms with Crippen LogP contribution in [-0.4, -0.2) is 11.3 Å². The molecule has 1 heterocycles. The molecule has 8 heteroatoms. The van der Waals surface area contributed by atoms with Crippen molar-refractivity contribution in [3.8, 4) is 11.3 Å². The largest absolute Gasteiger partial charge is 0.298 e. The number of hydrogen-bond acceptors (Lipinski definition) is 2. The van der Waals surface area contributed by atoms with Gasteiger partial charge in [0.15, 0.2) is 6.29 Å². The Morgan fingerprint density at radius 2 is 1.45 bits per heavy atom. The van der Waals surface area contributed by atoms with E-state index < -0.39 is 5.82 Å². The molecule has 1 aromatic heterocycles. The van der Waals surface area contributed by atoms with Crippen molar-refractivity contribution < 1.29 is 9.18 Å². The van der Waals surface area contributed by atoms with Crippen molar-refractivity contribution in [2.24, 2.45) is 0 Å². The Balaban J connectivity index is 2.87. The van der Waals surface area contributed by atoms with Gasteiger partial charge in [-0.2, -0.15) is 0 Å². The summed E-state index contributed by atoms with van der Waals surface area (Å²) < 4.78 is 13.1. The molecule has 2 aromatic rings. The number of hydrogen-bond donors (Lipinski definition) is 0.